The normalized spacial score (nSPS) is 17.6. The molecule has 140 valence electrons. The molecule has 1 aliphatic heterocycles. The highest BCUT2D eigenvalue weighted by atomic mass is 79.9. The van der Waals surface area contributed by atoms with Gasteiger partial charge < -0.3 is 5.11 Å². The summed E-state index contributed by atoms with van der Waals surface area (Å²) >= 11 is 3.42. The summed E-state index contributed by atoms with van der Waals surface area (Å²) in [5.74, 6) is -0.0895. The summed E-state index contributed by atoms with van der Waals surface area (Å²) < 4.78 is 2.43. The number of para-hydroxylation sites is 1. The number of hydrazine groups is 2. The number of aromatic nitrogens is 2. The largest absolute Gasteiger partial charge is 0.506 e. The zero-order valence-electron chi connectivity index (χ0n) is 14.3. The zero-order valence-corrected chi connectivity index (χ0v) is 15.9. The van der Waals surface area contributed by atoms with E-state index in [1.807, 2.05) is 29.3 Å². The third kappa shape index (κ3) is 3.67. The molecule has 8 nitrogen and oxygen atoms in total. The number of H-pyrrole nitrogens is 1. The van der Waals surface area contributed by atoms with Crippen molar-refractivity contribution in [2.24, 2.45) is 0 Å². The lowest BCUT2D eigenvalue weighted by Gasteiger charge is -2.15. The Labute approximate surface area is 162 Å². The molecule has 0 bridgehead atoms. The van der Waals surface area contributed by atoms with Crippen molar-refractivity contribution in [3.63, 3.8) is 0 Å². The second-order valence-corrected chi connectivity index (χ2v) is 7.42. The van der Waals surface area contributed by atoms with Gasteiger partial charge in [0.15, 0.2) is 0 Å². The molecule has 1 fully saturated rings. The molecule has 4 rings (SSSR count). The average molecular weight is 432 g/mol. The Hall–Kier alpha value is -2.46. The van der Waals surface area contributed by atoms with Gasteiger partial charge in [0.05, 0.1) is 11.4 Å². The maximum Gasteiger partial charge on any atom is 0.328 e. The van der Waals surface area contributed by atoms with Crippen molar-refractivity contribution in [2.45, 2.75) is 19.1 Å². The smallest absolute Gasteiger partial charge is 0.328 e. The molecule has 0 saturated carbocycles. The molecule has 2 heterocycles. The molecule has 1 saturated heterocycles. The molecule has 0 radical (unpaired) electrons. The first-order valence-electron chi connectivity index (χ1n) is 8.46. The van der Waals surface area contributed by atoms with Crippen LogP contribution in [0.25, 0.3) is 10.9 Å². The molecule has 1 unspecified atom stereocenters. The summed E-state index contributed by atoms with van der Waals surface area (Å²) in [5.41, 5.74) is 6.61. The molecule has 1 aliphatic rings. The van der Waals surface area contributed by atoms with Crippen molar-refractivity contribution in [2.75, 3.05) is 6.54 Å². The topological polar surface area (TPSA) is 102 Å². The molecule has 0 spiro atoms. The molecule has 1 atom stereocenters. The van der Waals surface area contributed by atoms with E-state index in [0.29, 0.717) is 19.6 Å². The highest BCUT2D eigenvalue weighted by Gasteiger charge is 2.24. The van der Waals surface area contributed by atoms with Gasteiger partial charge in [-0.2, -0.15) is 5.53 Å². The minimum absolute atomic E-state index is 0.0770. The Morgan fingerprint density at radius 2 is 1.93 bits per heavy atom. The van der Waals surface area contributed by atoms with Gasteiger partial charge in [0, 0.05) is 24.1 Å². The lowest BCUT2D eigenvalue weighted by molar-refractivity contribution is 0.224. The van der Waals surface area contributed by atoms with Crippen LogP contribution in [0, 0.1) is 0 Å². The number of rotatable bonds is 4. The standard InChI is InChI=1S/C18H18BrN5O3/c19-12-6-4-11(5-7-12)8-23-9-13(21-22-23)10-24-16-14(2-1-3-15(16)25)17(26)20-18(24)27/h1-7,13,21-22,25H,8-10H2,(H,20,26,27). The summed E-state index contributed by atoms with van der Waals surface area (Å²) in [5, 5.41) is 12.5. The molecule has 4 N–H and O–H groups in total. The van der Waals surface area contributed by atoms with Crippen molar-refractivity contribution in [3.8, 4) is 5.75 Å². The van der Waals surface area contributed by atoms with Gasteiger partial charge in [-0.05, 0) is 29.8 Å². The van der Waals surface area contributed by atoms with E-state index in [9.17, 15) is 14.7 Å². The van der Waals surface area contributed by atoms with Crippen molar-refractivity contribution in [1.29, 1.82) is 0 Å². The van der Waals surface area contributed by atoms with E-state index in [-0.39, 0.29) is 22.7 Å². The van der Waals surface area contributed by atoms with Crippen LogP contribution in [0.1, 0.15) is 5.56 Å². The number of nitrogens with one attached hydrogen (secondary N) is 3. The highest BCUT2D eigenvalue weighted by molar-refractivity contribution is 9.10. The monoisotopic (exact) mass is 431 g/mol. The summed E-state index contributed by atoms with van der Waals surface area (Å²) in [6.07, 6.45) is 0. The van der Waals surface area contributed by atoms with Crippen molar-refractivity contribution in [3.05, 3.63) is 73.3 Å². The molecule has 1 aromatic heterocycles. The SMILES string of the molecule is O=c1[nH]c(=O)n(CC2CN(Cc3ccc(Br)cc3)NN2)c2c(O)cccc12. The van der Waals surface area contributed by atoms with Crippen LogP contribution in [-0.2, 0) is 13.1 Å². The van der Waals surface area contributed by atoms with Gasteiger partial charge in [0.2, 0.25) is 0 Å². The van der Waals surface area contributed by atoms with Crippen molar-refractivity contribution >= 4 is 26.8 Å². The molecule has 3 aromatic rings. The van der Waals surface area contributed by atoms with E-state index in [0.717, 1.165) is 10.0 Å². The van der Waals surface area contributed by atoms with E-state index in [2.05, 4.69) is 31.9 Å². The Morgan fingerprint density at radius 3 is 2.70 bits per heavy atom. The zero-order chi connectivity index (χ0) is 19.0. The average Bonchev–Trinajstić information content (AvgIpc) is 3.08. The fourth-order valence-electron chi connectivity index (χ4n) is 3.28. The minimum atomic E-state index is -0.540. The Kier molecular flexibility index (Phi) is 4.83. The number of benzene rings is 2. The summed E-state index contributed by atoms with van der Waals surface area (Å²) in [4.78, 5) is 26.6. The van der Waals surface area contributed by atoms with Crippen LogP contribution >= 0.6 is 15.9 Å². The number of aromatic amines is 1. The fourth-order valence-corrected chi connectivity index (χ4v) is 3.55. The first-order valence-corrected chi connectivity index (χ1v) is 9.26. The molecule has 27 heavy (non-hydrogen) atoms. The van der Waals surface area contributed by atoms with Gasteiger partial charge in [0.25, 0.3) is 5.56 Å². The molecular formula is C18H18BrN5O3. The number of fused-ring (bicyclic) bond motifs is 1. The maximum absolute atomic E-state index is 12.3. The minimum Gasteiger partial charge on any atom is -0.506 e. The van der Waals surface area contributed by atoms with Crippen molar-refractivity contribution < 1.29 is 5.11 Å². The second-order valence-electron chi connectivity index (χ2n) is 6.50. The summed E-state index contributed by atoms with van der Waals surface area (Å²) in [7, 11) is 0. The number of phenolic OH excluding ortho intramolecular Hbond substituents is 1. The van der Waals surface area contributed by atoms with Gasteiger partial charge in [-0.3, -0.25) is 14.3 Å². The fraction of sp³-hybridized carbons (Fsp3) is 0.222. The first kappa shape index (κ1) is 17.9. The number of hydrogen-bond acceptors (Lipinski definition) is 6. The number of nitrogens with zero attached hydrogens (tertiary/aromatic N) is 2. The van der Waals surface area contributed by atoms with Gasteiger partial charge in [-0.15, -0.1) is 0 Å². The number of halogens is 1. The van der Waals surface area contributed by atoms with Crippen LogP contribution in [0.2, 0.25) is 0 Å². The van der Waals surface area contributed by atoms with Crippen LogP contribution in [0.3, 0.4) is 0 Å². The van der Waals surface area contributed by atoms with Gasteiger partial charge >= 0.3 is 5.69 Å². The van der Waals surface area contributed by atoms with Crippen LogP contribution in [0.5, 0.6) is 5.75 Å². The molecular weight excluding hydrogens is 414 g/mol. The van der Waals surface area contributed by atoms with E-state index in [1.165, 1.54) is 10.6 Å². The molecule has 9 heteroatoms. The lowest BCUT2D eigenvalue weighted by Crippen LogP contribution is -2.40. The van der Waals surface area contributed by atoms with E-state index < -0.39 is 11.2 Å². The number of hydrogen-bond donors (Lipinski definition) is 4. The van der Waals surface area contributed by atoms with E-state index >= 15 is 0 Å². The Morgan fingerprint density at radius 1 is 1.15 bits per heavy atom. The van der Waals surface area contributed by atoms with Crippen LogP contribution in [0.4, 0.5) is 0 Å². The lowest BCUT2D eigenvalue weighted by atomic mass is 10.2. The van der Waals surface area contributed by atoms with Crippen molar-refractivity contribution in [1.82, 2.24) is 25.5 Å². The molecule has 0 aliphatic carbocycles. The third-order valence-corrected chi connectivity index (χ3v) is 5.08. The van der Waals surface area contributed by atoms with Gasteiger partial charge in [-0.1, -0.05) is 34.1 Å². The van der Waals surface area contributed by atoms with Crippen LogP contribution in [0.15, 0.2) is 56.5 Å². The summed E-state index contributed by atoms with van der Waals surface area (Å²) in [6, 6.07) is 12.6. The van der Waals surface area contributed by atoms with E-state index in [1.54, 1.807) is 12.1 Å². The second kappa shape index (κ2) is 7.28. The molecule has 2 aromatic carbocycles. The third-order valence-electron chi connectivity index (χ3n) is 4.55. The highest BCUT2D eigenvalue weighted by Crippen LogP contribution is 2.21. The first-order chi connectivity index (χ1) is 13.0. The molecule has 0 amide bonds. The van der Waals surface area contributed by atoms with E-state index in [4.69, 9.17) is 0 Å². The number of phenols is 1. The van der Waals surface area contributed by atoms with Crippen LogP contribution < -0.4 is 22.2 Å². The summed E-state index contributed by atoms with van der Waals surface area (Å²) in [6.45, 7) is 1.65. The van der Waals surface area contributed by atoms with Crippen LogP contribution in [-0.4, -0.2) is 32.3 Å². The predicted octanol–water partition coefficient (Wildman–Crippen LogP) is 1.05. The number of aromatic hydroxyl groups is 1. The predicted molar refractivity (Wildman–Crippen MR) is 105 cm³/mol. The Balaban J connectivity index is 1.54. The quantitative estimate of drug-likeness (QED) is 0.492. The maximum atomic E-state index is 12.3. The van der Waals surface area contributed by atoms with Gasteiger partial charge in [0.1, 0.15) is 11.3 Å². The van der Waals surface area contributed by atoms with Gasteiger partial charge in [-0.25, -0.2) is 15.2 Å². The Bertz CT molecular complexity index is 1090.